The number of benzene rings is 1. The number of ether oxygens (including phenoxy) is 1. The zero-order valence-electron chi connectivity index (χ0n) is 16.1. The number of aliphatic hydroxyl groups is 1. The van der Waals surface area contributed by atoms with Gasteiger partial charge < -0.3 is 14.7 Å². The summed E-state index contributed by atoms with van der Waals surface area (Å²) >= 11 is 6.06. The number of alkyl halides is 3. The van der Waals surface area contributed by atoms with Crippen LogP contribution in [0.25, 0.3) is 0 Å². The highest BCUT2D eigenvalue weighted by Crippen LogP contribution is 2.40. The van der Waals surface area contributed by atoms with Crippen LogP contribution in [0.15, 0.2) is 29.2 Å². The molecule has 8 nitrogen and oxygen atoms in total. The number of nitrogens with one attached hydrogen (secondary N) is 1. The number of aromatic amines is 1. The number of hydrogen-bond acceptors (Lipinski definition) is 7. The van der Waals surface area contributed by atoms with Crippen molar-refractivity contribution in [3.05, 3.63) is 68.2 Å². The maximum atomic E-state index is 13.4. The van der Waals surface area contributed by atoms with E-state index in [1.165, 1.54) is 6.20 Å². The molecule has 0 amide bonds. The normalized spacial score (nSPS) is 13.8. The molecule has 0 bridgehead atoms. The minimum absolute atomic E-state index is 0.0718. The van der Waals surface area contributed by atoms with E-state index in [1.54, 1.807) is 4.90 Å². The Labute approximate surface area is 182 Å². The number of anilines is 1. The first-order chi connectivity index (χ1) is 15.2. The van der Waals surface area contributed by atoms with Crippen LogP contribution in [0.1, 0.15) is 22.6 Å². The number of rotatable bonds is 4. The van der Waals surface area contributed by atoms with Gasteiger partial charge in [0.1, 0.15) is 28.8 Å². The molecule has 4 rings (SSSR count). The van der Waals surface area contributed by atoms with Crippen molar-refractivity contribution in [2.75, 3.05) is 11.4 Å². The van der Waals surface area contributed by atoms with E-state index in [4.69, 9.17) is 16.3 Å². The highest BCUT2D eigenvalue weighted by atomic mass is 35.5. The molecule has 2 aromatic heterocycles. The van der Waals surface area contributed by atoms with Crippen LogP contribution in [0.5, 0.6) is 11.6 Å². The smallest absolute Gasteiger partial charge is 0.420 e. The molecule has 0 atom stereocenters. The van der Waals surface area contributed by atoms with Gasteiger partial charge in [0, 0.05) is 12.1 Å². The van der Waals surface area contributed by atoms with Crippen molar-refractivity contribution in [3.8, 4) is 11.6 Å². The first-order valence-electron chi connectivity index (χ1n) is 9.19. The van der Waals surface area contributed by atoms with Crippen molar-refractivity contribution in [2.45, 2.75) is 25.7 Å². The Morgan fingerprint density at radius 3 is 2.78 bits per heavy atom. The Hall–Kier alpha value is -3.25. The molecule has 0 aliphatic carbocycles. The standard InChI is InChI=1S/C19H14ClF4N5O3/c20-16-13(6-25-28-17(16)31)29-4-3-10-12(7-29)26-15(8-30)27-18(10)32-14-2-1-9(21)5-11(14)19(22,23)24/h1-2,5-6,30H,3-4,7-8H2,(H,28,31). The van der Waals surface area contributed by atoms with E-state index in [-0.39, 0.29) is 29.7 Å². The minimum atomic E-state index is -4.86. The van der Waals surface area contributed by atoms with Gasteiger partial charge >= 0.3 is 6.18 Å². The lowest BCUT2D eigenvalue weighted by Crippen LogP contribution is -2.33. The van der Waals surface area contributed by atoms with Crippen LogP contribution in [0.2, 0.25) is 5.02 Å². The Morgan fingerprint density at radius 1 is 1.28 bits per heavy atom. The lowest BCUT2D eigenvalue weighted by Gasteiger charge is -2.30. The van der Waals surface area contributed by atoms with E-state index in [0.29, 0.717) is 29.6 Å². The van der Waals surface area contributed by atoms with Crippen molar-refractivity contribution in [1.29, 1.82) is 0 Å². The third kappa shape index (κ3) is 4.23. The second-order valence-electron chi connectivity index (χ2n) is 6.84. The predicted octanol–water partition coefficient (Wildman–Crippen LogP) is 3.22. The molecule has 0 saturated carbocycles. The second-order valence-corrected chi connectivity index (χ2v) is 7.22. The van der Waals surface area contributed by atoms with Gasteiger partial charge in [-0.05, 0) is 24.6 Å². The van der Waals surface area contributed by atoms with Gasteiger partial charge in [-0.2, -0.15) is 23.3 Å². The summed E-state index contributed by atoms with van der Waals surface area (Å²) in [7, 11) is 0. The highest BCUT2D eigenvalue weighted by Gasteiger charge is 2.36. The fourth-order valence-corrected chi connectivity index (χ4v) is 3.53. The molecule has 0 unspecified atom stereocenters. The molecule has 32 heavy (non-hydrogen) atoms. The summed E-state index contributed by atoms with van der Waals surface area (Å²) in [4.78, 5) is 21.7. The maximum Gasteiger partial charge on any atom is 0.420 e. The highest BCUT2D eigenvalue weighted by molar-refractivity contribution is 6.33. The molecule has 13 heteroatoms. The average Bonchev–Trinajstić information content (AvgIpc) is 2.75. The number of aliphatic hydroxyl groups excluding tert-OH is 1. The first-order valence-corrected chi connectivity index (χ1v) is 9.57. The van der Waals surface area contributed by atoms with Gasteiger partial charge in [0.15, 0.2) is 5.82 Å². The number of nitrogens with zero attached hydrogens (tertiary/aromatic N) is 4. The van der Waals surface area contributed by atoms with Gasteiger partial charge in [-0.15, -0.1) is 0 Å². The summed E-state index contributed by atoms with van der Waals surface area (Å²) in [5.74, 6) is -1.95. The molecular weight excluding hydrogens is 458 g/mol. The summed E-state index contributed by atoms with van der Waals surface area (Å²) in [5, 5.41) is 15.4. The zero-order chi connectivity index (χ0) is 23.0. The average molecular weight is 472 g/mol. The monoisotopic (exact) mass is 471 g/mol. The molecule has 168 valence electrons. The van der Waals surface area contributed by atoms with Crippen LogP contribution >= 0.6 is 11.6 Å². The predicted molar refractivity (Wildman–Crippen MR) is 104 cm³/mol. The molecule has 0 radical (unpaired) electrons. The second kappa shape index (κ2) is 8.36. The number of hydrogen-bond donors (Lipinski definition) is 2. The summed E-state index contributed by atoms with van der Waals surface area (Å²) in [6.07, 6.45) is -3.25. The van der Waals surface area contributed by atoms with Crippen LogP contribution < -0.4 is 15.2 Å². The van der Waals surface area contributed by atoms with E-state index in [2.05, 4.69) is 20.2 Å². The molecule has 0 fully saturated rings. The quantitative estimate of drug-likeness (QED) is 0.563. The van der Waals surface area contributed by atoms with E-state index in [9.17, 15) is 27.5 Å². The molecule has 1 aliphatic heterocycles. The third-order valence-corrected chi connectivity index (χ3v) is 5.15. The van der Waals surface area contributed by atoms with Gasteiger partial charge in [-0.1, -0.05) is 11.6 Å². The van der Waals surface area contributed by atoms with Gasteiger partial charge in [-0.3, -0.25) is 4.79 Å². The van der Waals surface area contributed by atoms with Crippen LogP contribution in [0.4, 0.5) is 23.2 Å². The Kier molecular flexibility index (Phi) is 5.73. The van der Waals surface area contributed by atoms with E-state index >= 15 is 0 Å². The summed E-state index contributed by atoms with van der Waals surface area (Å²) in [6, 6.07) is 2.04. The molecule has 1 aliphatic rings. The maximum absolute atomic E-state index is 13.4. The third-order valence-electron chi connectivity index (χ3n) is 4.79. The Morgan fingerprint density at radius 2 is 2.06 bits per heavy atom. The Bertz CT molecular complexity index is 1230. The summed E-state index contributed by atoms with van der Waals surface area (Å²) < 4.78 is 58.9. The van der Waals surface area contributed by atoms with Crippen molar-refractivity contribution < 1.29 is 27.4 Å². The number of aromatic nitrogens is 4. The van der Waals surface area contributed by atoms with Gasteiger partial charge in [0.2, 0.25) is 5.88 Å². The molecule has 3 aromatic rings. The fraction of sp³-hybridized carbons (Fsp3) is 0.263. The zero-order valence-corrected chi connectivity index (χ0v) is 16.8. The largest absolute Gasteiger partial charge is 0.438 e. The molecular formula is C19H14ClF4N5O3. The molecule has 3 heterocycles. The van der Waals surface area contributed by atoms with Crippen molar-refractivity contribution in [2.24, 2.45) is 0 Å². The van der Waals surface area contributed by atoms with Crippen LogP contribution in [-0.4, -0.2) is 31.8 Å². The van der Waals surface area contributed by atoms with Crippen molar-refractivity contribution >= 4 is 17.3 Å². The molecule has 1 aromatic carbocycles. The molecule has 0 saturated heterocycles. The molecule has 2 N–H and O–H groups in total. The van der Waals surface area contributed by atoms with E-state index in [0.717, 1.165) is 12.1 Å². The lowest BCUT2D eigenvalue weighted by molar-refractivity contribution is -0.138. The van der Waals surface area contributed by atoms with E-state index in [1.807, 2.05) is 0 Å². The number of halogens is 5. The number of fused-ring (bicyclic) bond motifs is 1. The van der Waals surface area contributed by atoms with Crippen molar-refractivity contribution in [1.82, 2.24) is 20.2 Å². The fourth-order valence-electron chi connectivity index (χ4n) is 3.32. The summed E-state index contributed by atoms with van der Waals surface area (Å²) in [6.45, 7) is -0.167. The van der Waals surface area contributed by atoms with Crippen LogP contribution in [0.3, 0.4) is 0 Å². The summed E-state index contributed by atoms with van der Waals surface area (Å²) in [5.41, 5.74) is -0.726. The van der Waals surface area contributed by atoms with E-state index < -0.39 is 35.5 Å². The first kappa shape index (κ1) is 22.0. The topological polar surface area (TPSA) is 104 Å². The van der Waals surface area contributed by atoms with Gasteiger partial charge in [0.05, 0.1) is 24.1 Å². The van der Waals surface area contributed by atoms with Crippen LogP contribution in [0, 0.1) is 5.82 Å². The number of H-pyrrole nitrogens is 1. The van der Waals surface area contributed by atoms with Gasteiger partial charge in [0.25, 0.3) is 5.56 Å². The van der Waals surface area contributed by atoms with Gasteiger partial charge in [-0.25, -0.2) is 14.5 Å². The SMILES string of the molecule is O=c1[nH]ncc(N2CCc3c(nc(CO)nc3Oc3ccc(F)cc3C(F)(F)F)C2)c1Cl. The Balaban J connectivity index is 1.73. The molecule has 0 spiro atoms. The minimum Gasteiger partial charge on any atom is -0.438 e. The van der Waals surface area contributed by atoms with Crippen molar-refractivity contribution in [3.63, 3.8) is 0 Å². The van der Waals surface area contributed by atoms with Crippen LogP contribution in [-0.2, 0) is 25.7 Å². The lowest BCUT2D eigenvalue weighted by atomic mass is 10.1.